The summed E-state index contributed by atoms with van der Waals surface area (Å²) in [4.78, 5) is 38.6. The van der Waals surface area contributed by atoms with E-state index in [9.17, 15) is 18.8 Å². The van der Waals surface area contributed by atoms with Crippen LogP contribution in [0, 0.1) is 11.7 Å². The van der Waals surface area contributed by atoms with Gasteiger partial charge in [0.1, 0.15) is 11.9 Å². The number of benzene rings is 2. The summed E-state index contributed by atoms with van der Waals surface area (Å²) in [6.45, 7) is 3.88. The zero-order valence-electron chi connectivity index (χ0n) is 17.0. The van der Waals surface area contributed by atoms with E-state index in [0.717, 1.165) is 5.56 Å². The molecule has 0 aliphatic carbocycles. The molecule has 0 aliphatic rings. The largest absolute Gasteiger partial charge is 0.350 e. The van der Waals surface area contributed by atoms with Crippen molar-refractivity contribution in [3.8, 4) is 0 Å². The highest BCUT2D eigenvalue weighted by molar-refractivity contribution is 5.97. The molecule has 0 spiro atoms. The van der Waals surface area contributed by atoms with Gasteiger partial charge in [-0.25, -0.2) is 4.39 Å². The second-order valence-corrected chi connectivity index (χ2v) is 7.32. The Labute approximate surface area is 170 Å². The SMILES string of the molecule is CC(C)C(NC(=O)c1ccc(F)cc1)C(=O)NCc1cccc(C(=O)N(C)C)c1. The van der Waals surface area contributed by atoms with Crippen LogP contribution in [-0.4, -0.2) is 42.8 Å². The van der Waals surface area contributed by atoms with Crippen molar-refractivity contribution in [3.63, 3.8) is 0 Å². The molecule has 0 aliphatic heterocycles. The average Bonchev–Trinajstić information content (AvgIpc) is 2.69. The molecule has 1 unspecified atom stereocenters. The van der Waals surface area contributed by atoms with Gasteiger partial charge in [0.15, 0.2) is 0 Å². The number of rotatable bonds is 7. The van der Waals surface area contributed by atoms with Crippen LogP contribution in [0.2, 0.25) is 0 Å². The average molecular weight is 399 g/mol. The number of nitrogens with zero attached hydrogens (tertiary/aromatic N) is 1. The molecule has 1 atom stereocenters. The summed E-state index contributed by atoms with van der Waals surface area (Å²) < 4.78 is 13.0. The Kier molecular flexibility index (Phi) is 7.47. The van der Waals surface area contributed by atoms with Crippen molar-refractivity contribution < 1.29 is 18.8 Å². The number of nitrogens with one attached hydrogen (secondary N) is 2. The van der Waals surface area contributed by atoms with E-state index in [1.807, 2.05) is 19.9 Å². The Hall–Kier alpha value is -3.22. The zero-order valence-corrected chi connectivity index (χ0v) is 17.0. The van der Waals surface area contributed by atoms with Gasteiger partial charge in [0.25, 0.3) is 11.8 Å². The Morgan fingerprint density at radius 2 is 1.66 bits per heavy atom. The first kappa shape index (κ1) is 22.1. The molecule has 0 saturated heterocycles. The highest BCUT2D eigenvalue weighted by Crippen LogP contribution is 2.09. The third-order valence-corrected chi connectivity index (χ3v) is 4.39. The van der Waals surface area contributed by atoms with E-state index in [1.54, 1.807) is 32.3 Å². The lowest BCUT2D eigenvalue weighted by atomic mass is 10.0. The second kappa shape index (κ2) is 9.82. The lowest BCUT2D eigenvalue weighted by Gasteiger charge is -2.22. The molecule has 0 bridgehead atoms. The van der Waals surface area contributed by atoms with Crippen molar-refractivity contribution in [2.24, 2.45) is 5.92 Å². The minimum absolute atomic E-state index is 0.121. The van der Waals surface area contributed by atoms with Crippen LogP contribution in [-0.2, 0) is 11.3 Å². The van der Waals surface area contributed by atoms with Gasteiger partial charge in [-0.1, -0.05) is 26.0 Å². The summed E-state index contributed by atoms with van der Waals surface area (Å²) in [5.74, 6) is -1.49. The molecule has 0 saturated carbocycles. The quantitative estimate of drug-likeness (QED) is 0.751. The Bertz CT molecular complexity index is 879. The smallest absolute Gasteiger partial charge is 0.253 e. The minimum Gasteiger partial charge on any atom is -0.350 e. The standard InChI is InChI=1S/C22H26FN3O3/c1-14(2)19(25-20(27)16-8-10-18(23)11-9-16)21(28)24-13-15-6-5-7-17(12-15)22(29)26(3)4/h5-12,14,19H,13H2,1-4H3,(H,24,28)(H,25,27). The van der Waals surface area contributed by atoms with E-state index in [1.165, 1.54) is 29.2 Å². The monoisotopic (exact) mass is 399 g/mol. The summed E-state index contributed by atoms with van der Waals surface area (Å²) in [5, 5.41) is 5.50. The van der Waals surface area contributed by atoms with Crippen LogP contribution in [0.25, 0.3) is 0 Å². The third kappa shape index (κ3) is 6.14. The molecule has 0 aromatic heterocycles. The van der Waals surface area contributed by atoms with Crippen LogP contribution < -0.4 is 10.6 Å². The maximum absolute atomic E-state index is 13.0. The van der Waals surface area contributed by atoms with Crippen LogP contribution in [0.3, 0.4) is 0 Å². The Morgan fingerprint density at radius 1 is 1.00 bits per heavy atom. The van der Waals surface area contributed by atoms with Crippen molar-refractivity contribution >= 4 is 17.7 Å². The van der Waals surface area contributed by atoms with Crippen LogP contribution >= 0.6 is 0 Å². The van der Waals surface area contributed by atoms with E-state index >= 15 is 0 Å². The lowest BCUT2D eigenvalue weighted by molar-refractivity contribution is -0.124. The van der Waals surface area contributed by atoms with Gasteiger partial charge >= 0.3 is 0 Å². The van der Waals surface area contributed by atoms with Gasteiger partial charge in [0.05, 0.1) is 0 Å². The third-order valence-electron chi connectivity index (χ3n) is 4.39. The highest BCUT2D eigenvalue weighted by Gasteiger charge is 2.24. The molecule has 7 heteroatoms. The van der Waals surface area contributed by atoms with E-state index in [4.69, 9.17) is 0 Å². The number of amides is 3. The van der Waals surface area contributed by atoms with Crippen LogP contribution in [0.15, 0.2) is 48.5 Å². The summed E-state index contributed by atoms with van der Waals surface area (Å²) in [6, 6.07) is 11.4. The van der Waals surface area contributed by atoms with E-state index < -0.39 is 17.8 Å². The molecular weight excluding hydrogens is 373 g/mol. The van der Waals surface area contributed by atoms with E-state index in [-0.39, 0.29) is 29.8 Å². The fourth-order valence-corrected chi connectivity index (χ4v) is 2.73. The van der Waals surface area contributed by atoms with Crippen molar-refractivity contribution in [2.45, 2.75) is 26.4 Å². The highest BCUT2D eigenvalue weighted by atomic mass is 19.1. The second-order valence-electron chi connectivity index (χ2n) is 7.32. The van der Waals surface area contributed by atoms with Gasteiger partial charge in [0.2, 0.25) is 5.91 Å². The zero-order chi connectivity index (χ0) is 21.6. The fourth-order valence-electron chi connectivity index (χ4n) is 2.73. The molecule has 2 aromatic rings. The first-order chi connectivity index (χ1) is 13.7. The Balaban J connectivity index is 2.03. The summed E-state index contributed by atoms with van der Waals surface area (Å²) in [5.41, 5.74) is 1.59. The summed E-state index contributed by atoms with van der Waals surface area (Å²) in [7, 11) is 3.35. The van der Waals surface area contributed by atoms with Crippen molar-refractivity contribution in [3.05, 3.63) is 71.0 Å². The first-order valence-electron chi connectivity index (χ1n) is 9.33. The van der Waals surface area contributed by atoms with E-state index in [2.05, 4.69) is 10.6 Å². The van der Waals surface area contributed by atoms with Crippen LogP contribution in [0.5, 0.6) is 0 Å². The number of hydrogen-bond acceptors (Lipinski definition) is 3. The van der Waals surface area contributed by atoms with Crippen LogP contribution in [0.4, 0.5) is 4.39 Å². The topological polar surface area (TPSA) is 78.5 Å². The number of carbonyl (C=O) groups excluding carboxylic acids is 3. The van der Waals surface area contributed by atoms with Gasteiger partial charge in [-0.2, -0.15) is 0 Å². The minimum atomic E-state index is -0.751. The maximum Gasteiger partial charge on any atom is 0.253 e. The molecule has 3 amide bonds. The molecule has 0 heterocycles. The van der Waals surface area contributed by atoms with Gasteiger partial charge < -0.3 is 15.5 Å². The number of carbonyl (C=O) groups is 3. The summed E-state index contributed by atoms with van der Waals surface area (Å²) >= 11 is 0. The lowest BCUT2D eigenvalue weighted by Crippen LogP contribution is -2.49. The molecule has 0 radical (unpaired) electrons. The fraction of sp³-hybridized carbons (Fsp3) is 0.318. The predicted octanol–water partition coefficient (Wildman–Crippen LogP) is 2.60. The summed E-state index contributed by atoms with van der Waals surface area (Å²) in [6.07, 6.45) is 0. The molecule has 29 heavy (non-hydrogen) atoms. The van der Waals surface area contributed by atoms with Gasteiger partial charge in [0, 0.05) is 31.8 Å². The van der Waals surface area contributed by atoms with Gasteiger partial charge in [-0.15, -0.1) is 0 Å². The molecule has 6 nitrogen and oxygen atoms in total. The molecular formula is C22H26FN3O3. The maximum atomic E-state index is 13.0. The molecule has 2 aromatic carbocycles. The predicted molar refractivity (Wildman–Crippen MR) is 109 cm³/mol. The molecule has 2 N–H and O–H groups in total. The number of halogens is 1. The number of hydrogen-bond donors (Lipinski definition) is 2. The van der Waals surface area contributed by atoms with Gasteiger partial charge in [-0.05, 0) is 47.9 Å². The van der Waals surface area contributed by atoms with Crippen molar-refractivity contribution in [1.29, 1.82) is 0 Å². The van der Waals surface area contributed by atoms with Crippen molar-refractivity contribution in [2.75, 3.05) is 14.1 Å². The Morgan fingerprint density at radius 3 is 2.24 bits per heavy atom. The normalized spacial score (nSPS) is 11.7. The molecule has 154 valence electrons. The van der Waals surface area contributed by atoms with Crippen molar-refractivity contribution in [1.82, 2.24) is 15.5 Å². The molecule has 0 fully saturated rings. The van der Waals surface area contributed by atoms with E-state index in [0.29, 0.717) is 5.56 Å². The van der Waals surface area contributed by atoms with Crippen LogP contribution in [0.1, 0.15) is 40.1 Å². The first-order valence-corrected chi connectivity index (χ1v) is 9.33. The van der Waals surface area contributed by atoms with Gasteiger partial charge in [-0.3, -0.25) is 14.4 Å². The molecule has 2 rings (SSSR count).